The average molecular weight is 453 g/mol. The van der Waals surface area contributed by atoms with Crippen LogP contribution < -0.4 is 5.32 Å². The average Bonchev–Trinajstić information content (AvgIpc) is 2.74. The maximum atomic E-state index is 11.7. The number of sulfone groups is 1. The number of nitrogens with one attached hydrogen (secondary N) is 1. The summed E-state index contributed by atoms with van der Waals surface area (Å²) in [6.07, 6.45) is 1.23. The Balaban J connectivity index is 2.51. The molecule has 0 aliphatic carbocycles. The summed E-state index contributed by atoms with van der Waals surface area (Å²) in [5, 5.41) is 3.41. The van der Waals surface area contributed by atoms with Gasteiger partial charge in [0.1, 0.15) is 0 Å². The first-order valence-corrected chi connectivity index (χ1v) is 10.6. The van der Waals surface area contributed by atoms with E-state index in [0.29, 0.717) is 4.90 Å². The van der Waals surface area contributed by atoms with Crippen molar-refractivity contribution in [3.63, 3.8) is 0 Å². The summed E-state index contributed by atoms with van der Waals surface area (Å²) < 4.78 is 25.5. The molecule has 114 valence electrons. The Kier molecular flexibility index (Phi) is 5.65. The van der Waals surface area contributed by atoms with E-state index in [1.807, 2.05) is 13.0 Å². The summed E-state index contributed by atoms with van der Waals surface area (Å²) in [5.74, 6) is 0. The third-order valence-corrected chi connectivity index (χ3v) is 6.52. The highest BCUT2D eigenvalue weighted by molar-refractivity contribution is 9.12. The van der Waals surface area contributed by atoms with Gasteiger partial charge in [-0.3, -0.25) is 0 Å². The van der Waals surface area contributed by atoms with E-state index in [0.717, 1.165) is 25.2 Å². The minimum atomic E-state index is -3.21. The quantitative estimate of drug-likeness (QED) is 0.732. The summed E-state index contributed by atoms with van der Waals surface area (Å²) >= 11 is 8.66. The van der Waals surface area contributed by atoms with E-state index in [1.54, 1.807) is 29.5 Å². The number of hydrogen-bond donors (Lipinski definition) is 1. The fraction of sp³-hybridized carbons (Fsp3) is 0.286. The van der Waals surface area contributed by atoms with Gasteiger partial charge in [0.2, 0.25) is 0 Å². The van der Waals surface area contributed by atoms with Gasteiger partial charge in [0.15, 0.2) is 9.84 Å². The number of halogens is 2. The van der Waals surface area contributed by atoms with Gasteiger partial charge in [0, 0.05) is 6.26 Å². The zero-order chi connectivity index (χ0) is 15.6. The minimum absolute atomic E-state index is 0.0476. The van der Waals surface area contributed by atoms with Gasteiger partial charge in [-0.2, -0.15) is 0 Å². The van der Waals surface area contributed by atoms with Gasteiger partial charge < -0.3 is 5.32 Å². The Labute approximate surface area is 145 Å². The van der Waals surface area contributed by atoms with Gasteiger partial charge in [-0.1, -0.05) is 19.1 Å². The van der Waals surface area contributed by atoms with Gasteiger partial charge in [-0.15, -0.1) is 11.3 Å². The molecule has 0 radical (unpaired) electrons. The SMILES string of the molecule is CCNC(c1cccc(S(C)(=O)=O)c1)c1cc(Br)sc1Br. The normalized spacial score (nSPS) is 13.3. The van der Waals surface area contributed by atoms with Crippen molar-refractivity contribution in [3.8, 4) is 0 Å². The van der Waals surface area contributed by atoms with E-state index in [-0.39, 0.29) is 6.04 Å². The first-order chi connectivity index (χ1) is 9.82. The molecule has 0 spiro atoms. The molecule has 7 heteroatoms. The van der Waals surface area contributed by atoms with Crippen molar-refractivity contribution in [2.75, 3.05) is 12.8 Å². The molecule has 3 nitrogen and oxygen atoms in total. The molecule has 0 aliphatic rings. The first-order valence-electron chi connectivity index (χ1n) is 6.31. The van der Waals surface area contributed by atoms with E-state index >= 15 is 0 Å². The Morgan fingerprint density at radius 3 is 2.52 bits per heavy atom. The number of rotatable bonds is 5. The van der Waals surface area contributed by atoms with Crippen LogP contribution in [0.15, 0.2) is 42.8 Å². The second-order valence-corrected chi connectivity index (χ2v) is 10.4. The molecule has 1 atom stereocenters. The van der Waals surface area contributed by atoms with Gasteiger partial charge >= 0.3 is 0 Å². The number of hydrogen-bond acceptors (Lipinski definition) is 4. The van der Waals surface area contributed by atoms with Crippen molar-refractivity contribution in [2.24, 2.45) is 0 Å². The van der Waals surface area contributed by atoms with Gasteiger partial charge in [0.25, 0.3) is 0 Å². The van der Waals surface area contributed by atoms with Crippen LogP contribution in [0, 0.1) is 0 Å². The standard InChI is InChI=1S/C14H15Br2NO2S2/c1-3-17-13(11-8-12(15)20-14(11)16)9-5-4-6-10(7-9)21(2,18)19/h4-8,13,17H,3H2,1-2H3. The third kappa shape index (κ3) is 4.16. The predicted molar refractivity (Wildman–Crippen MR) is 94.8 cm³/mol. The van der Waals surface area contributed by atoms with E-state index in [2.05, 4.69) is 43.2 Å². The van der Waals surface area contributed by atoms with Crippen LogP contribution in [-0.4, -0.2) is 21.2 Å². The monoisotopic (exact) mass is 451 g/mol. The van der Waals surface area contributed by atoms with E-state index in [4.69, 9.17) is 0 Å². The lowest BCUT2D eigenvalue weighted by atomic mass is 10.0. The second-order valence-electron chi connectivity index (χ2n) is 4.61. The fourth-order valence-electron chi connectivity index (χ4n) is 2.09. The fourth-order valence-corrected chi connectivity index (χ4v) is 5.66. The summed E-state index contributed by atoms with van der Waals surface area (Å²) in [4.78, 5) is 0.341. The van der Waals surface area contributed by atoms with Crippen LogP contribution >= 0.6 is 43.2 Å². The Hall–Kier alpha value is -0.210. The van der Waals surface area contributed by atoms with Gasteiger partial charge in [-0.25, -0.2) is 8.42 Å². The molecule has 0 bridgehead atoms. The molecule has 0 fully saturated rings. The minimum Gasteiger partial charge on any atom is -0.306 e. The maximum absolute atomic E-state index is 11.7. The second kappa shape index (κ2) is 6.91. The van der Waals surface area contributed by atoms with E-state index in [1.165, 1.54) is 6.26 Å². The Morgan fingerprint density at radius 2 is 2.00 bits per heavy atom. The van der Waals surface area contributed by atoms with Crippen molar-refractivity contribution in [1.29, 1.82) is 0 Å². The van der Waals surface area contributed by atoms with E-state index in [9.17, 15) is 8.42 Å². The van der Waals surface area contributed by atoms with Crippen molar-refractivity contribution < 1.29 is 8.42 Å². The van der Waals surface area contributed by atoms with Crippen LogP contribution in [-0.2, 0) is 9.84 Å². The zero-order valence-corrected chi connectivity index (χ0v) is 16.4. The van der Waals surface area contributed by atoms with Crippen molar-refractivity contribution in [1.82, 2.24) is 5.32 Å². The van der Waals surface area contributed by atoms with Gasteiger partial charge in [-0.05, 0) is 67.7 Å². The predicted octanol–water partition coefficient (Wildman–Crippen LogP) is 4.38. The molecule has 21 heavy (non-hydrogen) atoms. The highest BCUT2D eigenvalue weighted by Gasteiger charge is 2.20. The third-order valence-electron chi connectivity index (χ3n) is 3.02. The number of thiophene rings is 1. The highest BCUT2D eigenvalue weighted by Crippen LogP contribution is 2.38. The molecule has 1 N–H and O–H groups in total. The molecular weight excluding hydrogens is 438 g/mol. The Bertz CT molecular complexity index is 741. The molecule has 0 saturated heterocycles. The van der Waals surface area contributed by atoms with Crippen LogP contribution in [0.3, 0.4) is 0 Å². The van der Waals surface area contributed by atoms with Crippen molar-refractivity contribution in [3.05, 3.63) is 49.0 Å². The summed E-state index contributed by atoms with van der Waals surface area (Å²) in [5.41, 5.74) is 2.03. The van der Waals surface area contributed by atoms with Crippen LogP contribution in [0.25, 0.3) is 0 Å². The molecule has 2 aromatic rings. The molecule has 1 aromatic carbocycles. The number of benzene rings is 1. The lowest BCUT2D eigenvalue weighted by Gasteiger charge is -2.19. The molecule has 1 unspecified atom stereocenters. The molecule has 0 amide bonds. The van der Waals surface area contributed by atoms with Crippen LogP contribution in [0.4, 0.5) is 0 Å². The zero-order valence-electron chi connectivity index (χ0n) is 11.6. The largest absolute Gasteiger partial charge is 0.306 e. The molecule has 1 aromatic heterocycles. The highest BCUT2D eigenvalue weighted by atomic mass is 79.9. The van der Waals surface area contributed by atoms with Crippen LogP contribution in [0.5, 0.6) is 0 Å². The maximum Gasteiger partial charge on any atom is 0.175 e. The van der Waals surface area contributed by atoms with E-state index < -0.39 is 9.84 Å². The lowest BCUT2D eigenvalue weighted by molar-refractivity contribution is 0.600. The lowest BCUT2D eigenvalue weighted by Crippen LogP contribution is -2.22. The van der Waals surface area contributed by atoms with Crippen LogP contribution in [0.1, 0.15) is 24.1 Å². The molecule has 1 heterocycles. The summed E-state index contributed by atoms with van der Waals surface area (Å²) in [6, 6.07) is 9.09. The summed E-state index contributed by atoms with van der Waals surface area (Å²) in [6.45, 7) is 2.82. The molecule has 0 aliphatic heterocycles. The molecule has 0 saturated carbocycles. The molecular formula is C14H15Br2NO2S2. The van der Waals surface area contributed by atoms with Crippen molar-refractivity contribution >= 4 is 53.0 Å². The van der Waals surface area contributed by atoms with Crippen molar-refractivity contribution in [2.45, 2.75) is 17.9 Å². The smallest absolute Gasteiger partial charge is 0.175 e. The topological polar surface area (TPSA) is 46.2 Å². The Morgan fingerprint density at radius 1 is 1.29 bits per heavy atom. The van der Waals surface area contributed by atoms with Gasteiger partial charge in [0.05, 0.1) is 18.5 Å². The summed E-state index contributed by atoms with van der Waals surface area (Å²) in [7, 11) is -3.21. The van der Waals surface area contributed by atoms with Crippen LogP contribution in [0.2, 0.25) is 0 Å². The first kappa shape index (κ1) is 17.1. The molecule has 2 rings (SSSR count).